The molecule has 1 rings (SSSR count). The molecule has 6 nitrogen and oxygen atoms in total. The highest BCUT2D eigenvalue weighted by Gasteiger charge is 2.04. The molecule has 0 saturated heterocycles. The Balaban J connectivity index is 2.62. The van der Waals surface area contributed by atoms with Crippen molar-refractivity contribution in [1.29, 1.82) is 0 Å². The van der Waals surface area contributed by atoms with Crippen LogP contribution in [-0.4, -0.2) is 29.8 Å². The molecule has 0 heterocycles. The van der Waals surface area contributed by atoms with Gasteiger partial charge in [0.05, 0.1) is 5.71 Å². The second-order valence-corrected chi connectivity index (χ2v) is 3.52. The molecule has 6 heteroatoms. The van der Waals surface area contributed by atoms with Gasteiger partial charge in [0.1, 0.15) is 0 Å². The lowest BCUT2D eigenvalue weighted by molar-refractivity contribution is -0.142. The fraction of sp³-hybridized carbons (Fsp3) is 0.250. The Hall–Kier alpha value is -2.37. The Bertz CT molecular complexity index is 447. The first-order valence-corrected chi connectivity index (χ1v) is 5.30. The van der Waals surface area contributed by atoms with Gasteiger partial charge in [-0.1, -0.05) is 23.4 Å². The van der Waals surface area contributed by atoms with E-state index in [1.54, 1.807) is 19.1 Å². The van der Waals surface area contributed by atoms with Gasteiger partial charge in [0.2, 0.25) is 13.0 Å². The highest BCUT2D eigenvalue weighted by molar-refractivity contribution is 5.98. The number of hydrogen-bond acceptors (Lipinski definition) is 4. The number of hydrogen-bond donors (Lipinski definition) is 2. The average Bonchev–Trinajstić information content (AvgIpc) is 2.54. The van der Waals surface area contributed by atoms with Crippen molar-refractivity contribution in [3.8, 4) is 0 Å². The zero-order valence-corrected chi connectivity index (χ0v) is 9.92. The fourth-order valence-electron chi connectivity index (χ4n) is 1.31. The largest absolute Gasteiger partial charge is 0.479 e. The number of carboxylic acids is 1. The molecule has 0 aromatic carbocycles. The lowest BCUT2D eigenvalue weighted by Gasteiger charge is -2.03. The topological polar surface area (TPSA) is 88.0 Å². The van der Waals surface area contributed by atoms with E-state index >= 15 is 0 Å². The molecule has 96 valence electrons. The van der Waals surface area contributed by atoms with E-state index in [4.69, 9.17) is 5.11 Å². The number of aliphatic carboxylic acids is 1. The maximum absolute atomic E-state index is 10.3. The van der Waals surface area contributed by atoms with Crippen LogP contribution in [0.15, 0.2) is 40.7 Å². The van der Waals surface area contributed by atoms with Crippen molar-refractivity contribution in [3.05, 3.63) is 35.6 Å². The number of carbonyl (C=O) groups excluding carboxylic acids is 1. The van der Waals surface area contributed by atoms with Gasteiger partial charge >= 0.3 is 5.97 Å². The van der Waals surface area contributed by atoms with Crippen LogP contribution in [-0.2, 0) is 14.4 Å². The number of allylic oxidation sites excluding steroid dienone is 5. The molecule has 0 unspecified atom stereocenters. The number of carboxylic acid groups (broad SMARTS) is 1. The fourth-order valence-corrected chi connectivity index (χ4v) is 1.31. The SMILES string of the molecule is C/C(=N\OCC(=O)O)C1=CC=CC(NC=O)=CC1. The molecule has 0 aromatic heterocycles. The Labute approximate surface area is 104 Å². The predicted molar refractivity (Wildman–Crippen MR) is 65.8 cm³/mol. The van der Waals surface area contributed by atoms with Gasteiger partial charge in [-0.05, 0) is 25.0 Å². The highest BCUT2D eigenvalue weighted by Crippen LogP contribution is 2.12. The minimum atomic E-state index is -1.07. The molecule has 0 radical (unpaired) electrons. The third-order valence-corrected chi connectivity index (χ3v) is 2.19. The van der Waals surface area contributed by atoms with Gasteiger partial charge in [0, 0.05) is 5.70 Å². The van der Waals surface area contributed by atoms with Crippen molar-refractivity contribution >= 4 is 18.1 Å². The Morgan fingerprint density at radius 2 is 2.44 bits per heavy atom. The summed E-state index contributed by atoms with van der Waals surface area (Å²) in [6.07, 6.45) is 8.39. The summed E-state index contributed by atoms with van der Waals surface area (Å²) in [7, 11) is 0. The van der Waals surface area contributed by atoms with Gasteiger partial charge in [0.25, 0.3) is 0 Å². The molecule has 2 N–H and O–H groups in total. The maximum Gasteiger partial charge on any atom is 0.344 e. The first-order chi connectivity index (χ1) is 8.63. The Morgan fingerprint density at radius 1 is 1.67 bits per heavy atom. The smallest absolute Gasteiger partial charge is 0.344 e. The molecule has 1 aliphatic carbocycles. The molecule has 0 aromatic rings. The number of rotatable bonds is 6. The summed E-state index contributed by atoms with van der Waals surface area (Å²) in [5, 5.41) is 14.7. The van der Waals surface area contributed by atoms with Crippen molar-refractivity contribution in [1.82, 2.24) is 5.32 Å². The molecule has 1 amide bonds. The van der Waals surface area contributed by atoms with E-state index < -0.39 is 12.6 Å². The van der Waals surface area contributed by atoms with Crippen LogP contribution in [0.25, 0.3) is 0 Å². The van der Waals surface area contributed by atoms with Crippen LogP contribution >= 0.6 is 0 Å². The van der Waals surface area contributed by atoms with E-state index in [0.29, 0.717) is 24.2 Å². The average molecular weight is 250 g/mol. The van der Waals surface area contributed by atoms with Crippen LogP contribution in [0.1, 0.15) is 13.3 Å². The van der Waals surface area contributed by atoms with E-state index in [9.17, 15) is 9.59 Å². The minimum absolute atomic E-state index is 0.464. The van der Waals surface area contributed by atoms with Crippen LogP contribution in [0, 0.1) is 0 Å². The van der Waals surface area contributed by atoms with E-state index in [2.05, 4.69) is 15.3 Å². The first kappa shape index (κ1) is 13.7. The summed E-state index contributed by atoms with van der Waals surface area (Å²) in [4.78, 5) is 25.2. The lowest BCUT2D eigenvalue weighted by atomic mass is 10.1. The van der Waals surface area contributed by atoms with Crippen LogP contribution < -0.4 is 5.32 Å². The number of carbonyl (C=O) groups is 2. The molecule has 1 aliphatic rings. The molecule has 0 spiro atoms. The second kappa shape index (κ2) is 7.05. The normalized spacial score (nSPS) is 15.3. The van der Waals surface area contributed by atoms with Crippen LogP contribution in [0.2, 0.25) is 0 Å². The number of nitrogens with one attached hydrogen (secondary N) is 1. The summed E-state index contributed by atoms with van der Waals surface area (Å²) in [6, 6.07) is 0. The zero-order chi connectivity index (χ0) is 13.4. The van der Waals surface area contributed by atoms with E-state index in [-0.39, 0.29) is 0 Å². The number of nitrogens with zero attached hydrogens (tertiary/aromatic N) is 1. The summed E-state index contributed by atoms with van der Waals surface area (Å²) in [5.74, 6) is -1.07. The van der Waals surface area contributed by atoms with Crippen LogP contribution in [0.3, 0.4) is 0 Å². The Morgan fingerprint density at radius 3 is 3.11 bits per heavy atom. The van der Waals surface area contributed by atoms with E-state index in [1.165, 1.54) is 0 Å². The van der Waals surface area contributed by atoms with Gasteiger partial charge in [-0.25, -0.2) is 4.79 Å². The van der Waals surface area contributed by atoms with E-state index in [1.807, 2.05) is 12.2 Å². The summed E-state index contributed by atoms with van der Waals surface area (Å²) in [6.45, 7) is 1.27. The van der Waals surface area contributed by atoms with Gasteiger partial charge in [-0.2, -0.15) is 0 Å². The summed E-state index contributed by atoms with van der Waals surface area (Å²) >= 11 is 0. The quantitative estimate of drug-likeness (QED) is 0.418. The molecule has 0 fully saturated rings. The molecule has 18 heavy (non-hydrogen) atoms. The molecule has 0 atom stereocenters. The van der Waals surface area contributed by atoms with Crippen molar-refractivity contribution in [2.75, 3.05) is 6.61 Å². The van der Waals surface area contributed by atoms with Gasteiger partial charge in [-0.15, -0.1) is 0 Å². The molecule has 0 saturated carbocycles. The monoisotopic (exact) mass is 250 g/mol. The molecule has 0 bridgehead atoms. The molecular weight excluding hydrogens is 236 g/mol. The summed E-state index contributed by atoms with van der Waals surface area (Å²) in [5.41, 5.74) is 2.19. The van der Waals surface area contributed by atoms with Crippen molar-refractivity contribution in [3.63, 3.8) is 0 Å². The standard InChI is InChI=1S/C12H14N2O4/c1-9(14-18-7-12(16)17)10-3-2-4-11(6-5-10)13-8-15/h2-4,6,8H,5,7H2,1H3,(H,13,15)(H,16,17)/b14-9+. The maximum atomic E-state index is 10.3. The predicted octanol–water partition coefficient (Wildman–Crippen LogP) is 0.980. The minimum Gasteiger partial charge on any atom is -0.479 e. The molecular formula is C12H14N2O4. The van der Waals surface area contributed by atoms with Crippen molar-refractivity contribution < 1.29 is 19.5 Å². The Kier molecular flexibility index (Phi) is 5.37. The lowest BCUT2D eigenvalue weighted by Crippen LogP contribution is -2.08. The highest BCUT2D eigenvalue weighted by atomic mass is 16.6. The van der Waals surface area contributed by atoms with Gasteiger partial charge in [-0.3, -0.25) is 4.79 Å². The third-order valence-electron chi connectivity index (χ3n) is 2.19. The van der Waals surface area contributed by atoms with Crippen LogP contribution in [0.5, 0.6) is 0 Å². The number of oxime groups is 1. The van der Waals surface area contributed by atoms with E-state index in [0.717, 1.165) is 5.57 Å². The third kappa shape index (κ3) is 4.65. The van der Waals surface area contributed by atoms with Crippen LogP contribution in [0.4, 0.5) is 0 Å². The van der Waals surface area contributed by atoms with Crippen molar-refractivity contribution in [2.24, 2.45) is 5.16 Å². The molecule has 0 aliphatic heterocycles. The van der Waals surface area contributed by atoms with Gasteiger partial charge in [0.15, 0.2) is 0 Å². The first-order valence-electron chi connectivity index (χ1n) is 5.30. The summed E-state index contributed by atoms with van der Waals surface area (Å²) < 4.78 is 0. The second-order valence-electron chi connectivity index (χ2n) is 3.52. The van der Waals surface area contributed by atoms with Crippen molar-refractivity contribution in [2.45, 2.75) is 13.3 Å². The zero-order valence-electron chi connectivity index (χ0n) is 9.92. The van der Waals surface area contributed by atoms with Gasteiger partial charge < -0.3 is 15.3 Å². The number of amides is 1.